The molecule has 0 saturated carbocycles. The van der Waals surface area contributed by atoms with E-state index in [2.05, 4.69) is 46.9 Å². The first-order chi connectivity index (χ1) is 32.1. The number of para-hydroxylation sites is 1. The summed E-state index contributed by atoms with van der Waals surface area (Å²) in [6.07, 6.45) is 0.271. The minimum absolute atomic E-state index is 0.0657. The van der Waals surface area contributed by atoms with E-state index >= 15 is 4.39 Å². The molecule has 12 rings (SSSR count). The van der Waals surface area contributed by atoms with E-state index in [0.29, 0.717) is 70.5 Å². The van der Waals surface area contributed by atoms with Crippen LogP contribution >= 0.6 is 45.6 Å². The molecule has 1 amide bonds. The number of halogens is 3. The second-order valence-corrected chi connectivity index (χ2v) is 18.9. The van der Waals surface area contributed by atoms with Crippen molar-refractivity contribution in [3.63, 3.8) is 0 Å². The highest BCUT2D eigenvalue weighted by molar-refractivity contribution is 7.22. The third-order valence-electron chi connectivity index (χ3n) is 11.4. The molecule has 0 fully saturated rings. The highest BCUT2D eigenvalue weighted by Gasteiger charge is 2.32. The number of aromatic nitrogens is 3. The maximum Gasteiger partial charge on any atom is 0.276 e. The van der Waals surface area contributed by atoms with E-state index in [1.54, 1.807) is 12.1 Å². The van der Waals surface area contributed by atoms with Gasteiger partial charge in [-0.25, -0.2) is 23.7 Å². The Morgan fingerprint density at radius 1 is 0.561 bits per heavy atom. The number of anilines is 4. The minimum atomic E-state index is -0.493. The van der Waals surface area contributed by atoms with Gasteiger partial charge < -0.3 is 5.32 Å². The third kappa shape index (κ3) is 6.89. The number of Topliss-reactive ketones (excluding diaryl/α,β-unsaturated/α-hetero) is 2. The van der Waals surface area contributed by atoms with Gasteiger partial charge in [0, 0.05) is 40.7 Å². The fraction of sp³-hybridized carbons (Fsp3) is 0.0426. The largest absolute Gasteiger partial charge is 0.320 e. The molecule has 13 nitrogen and oxygen atoms in total. The van der Waals surface area contributed by atoms with Crippen LogP contribution in [0.25, 0.3) is 52.9 Å². The lowest BCUT2D eigenvalue weighted by atomic mass is 9.99. The van der Waals surface area contributed by atoms with E-state index < -0.39 is 17.5 Å². The summed E-state index contributed by atoms with van der Waals surface area (Å²) >= 11 is 11.1. The fourth-order valence-corrected chi connectivity index (χ4v) is 11.0. The quantitative estimate of drug-likeness (QED) is 0.108. The zero-order chi connectivity index (χ0) is 44.8. The third-order valence-corrected chi connectivity index (χ3v) is 14.6. The molecule has 0 bridgehead atoms. The summed E-state index contributed by atoms with van der Waals surface area (Å²) < 4.78 is 31.9. The predicted molar refractivity (Wildman–Crippen MR) is 258 cm³/mol. The van der Waals surface area contributed by atoms with Crippen LogP contribution in [0.3, 0.4) is 0 Å². The van der Waals surface area contributed by atoms with Gasteiger partial charge >= 0.3 is 0 Å². The molecular weight excluding hydrogens is 922 g/mol. The highest BCUT2D eigenvalue weighted by Crippen LogP contribution is 2.40. The Kier molecular flexibility index (Phi) is 9.38. The molecule has 320 valence electrons. The van der Waals surface area contributed by atoms with Gasteiger partial charge in [0.25, 0.3) is 5.91 Å². The molecule has 4 heterocycles. The molecule has 3 aromatic heterocycles. The fourth-order valence-electron chi connectivity index (χ4n) is 8.19. The van der Waals surface area contributed by atoms with Crippen molar-refractivity contribution in [2.75, 3.05) is 21.6 Å². The van der Waals surface area contributed by atoms with Crippen LogP contribution in [0.2, 0.25) is 5.02 Å². The summed E-state index contributed by atoms with van der Waals surface area (Å²) in [6, 6.07) is 29.6. The van der Waals surface area contributed by atoms with Crippen LogP contribution < -0.4 is 21.6 Å². The van der Waals surface area contributed by atoms with Crippen LogP contribution in [0.5, 0.6) is 0 Å². The van der Waals surface area contributed by atoms with E-state index in [4.69, 9.17) is 16.6 Å². The van der Waals surface area contributed by atoms with Crippen molar-refractivity contribution in [2.24, 2.45) is 15.3 Å². The van der Waals surface area contributed by atoms with Crippen LogP contribution in [0.15, 0.2) is 118 Å². The smallest absolute Gasteiger partial charge is 0.276 e. The number of benzene rings is 6. The lowest BCUT2D eigenvalue weighted by Gasteiger charge is -2.08. The van der Waals surface area contributed by atoms with E-state index in [9.17, 15) is 18.8 Å². The number of hydrazone groups is 3. The molecule has 9 aromatic rings. The molecule has 6 aromatic carbocycles. The van der Waals surface area contributed by atoms with Crippen molar-refractivity contribution in [1.29, 1.82) is 0 Å². The van der Waals surface area contributed by atoms with Crippen LogP contribution in [-0.4, -0.2) is 49.6 Å². The number of fused-ring (bicyclic) bond motifs is 6. The van der Waals surface area contributed by atoms with Crippen molar-refractivity contribution in [3.8, 4) is 22.3 Å². The lowest BCUT2D eigenvalue weighted by molar-refractivity contribution is -0.110. The number of hydrogen-bond donors (Lipinski definition) is 4. The average Bonchev–Trinajstić information content (AvgIpc) is 4.17. The van der Waals surface area contributed by atoms with Crippen molar-refractivity contribution in [2.45, 2.75) is 12.8 Å². The van der Waals surface area contributed by atoms with Gasteiger partial charge in [0.2, 0.25) is 27.0 Å². The average molecular weight is 947 g/mol. The molecule has 3 aliphatic rings. The molecule has 2 aliphatic carbocycles. The number of rotatable bonds is 8. The van der Waals surface area contributed by atoms with Gasteiger partial charge in [-0.1, -0.05) is 75.9 Å². The summed E-state index contributed by atoms with van der Waals surface area (Å²) in [7, 11) is 0. The zero-order valence-electron chi connectivity index (χ0n) is 33.5. The number of nitrogens with zero attached hydrogens (tertiary/aromatic N) is 6. The predicted octanol–water partition coefficient (Wildman–Crippen LogP) is 11.0. The Labute approximate surface area is 387 Å². The van der Waals surface area contributed by atoms with Gasteiger partial charge in [-0.2, -0.15) is 15.3 Å². The molecule has 4 N–H and O–H groups in total. The minimum Gasteiger partial charge on any atom is -0.320 e. The van der Waals surface area contributed by atoms with Crippen LogP contribution in [0, 0.1) is 11.6 Å². The van der Waals surface area contributed by atoms with E-state index in [-0.39, 0.29) is 47.1 Å². The topological polar surface area (TPSA) is 175 Å². The van der Waals surface area contributed by atoms with E-state index in [0.717, 1.165) is 30.7 Å². The van der Waals surface area contributed by atoms with Gasteiger partial charge in [-0.05, 0) is 95.1 Å². The molecular formula is C47H25ClF2N10O3S3. The van der Waals surface area contributed by atoms with Gasteiger partial charge in [0.1, 0.15) is 23.1 Å². The van der Waals surface area contributed by atoms with Crippen molar-refractivity contribution in [3.05, 3.63) is 148 Å². The lowest BCUT2D eigenvalue weighted by Crippen LogP contribution is -2.15. The Morgan fingerprint density at radius 2 is 1.20 bits per heavy atom. The SMILES string of the molecule is O=C1Nc2cc(F)ccc2/C1=N\Nc1nc2ccc(-c3ccc4c(c3Cl)C/C(=N/Nc3nc5cc(-c6cc(F)c7c(c6)C(=O)/C(=N\Nc6nc8ccccc8s6)C7)ccc5s3)C4=O)cc2s1. The monoisotopic (exact) mass is 946 g/mol. The normalized spacial score (nSPS) is 16.0. The summed E-state index contributed by atoms with van der Waals surface area (Å²) in [5, 5.41) is 17.5. The number of carbonyl (C=O) groups excluding carboxylic acids is 3. The second-order valence-electron chi connectivity index (χ2n) is 15.4. The first-order valence-electron chi connectivity index (χ1n) is 20.1. The highest BCUT2D eigenvalue weighted by atomic mass is 35.5. The number of hydrogen-bond acceptors (Lipinski definition) is 15. The number of amides is 1. The van der Waals surface area contributed by atoms with Crippen molar-refractivity contribution >= 4 is 132 Å². The second kappa shape index (κ2) is 15.5. The van der Waals surface area contributed by atoms with Crippen molar-refractivity contribution < 1.29 is 23.2 Å². The van der Waals surface area contributed by atoms with Gasteiger partial charge in [-0.3, -0.25) is 30.7 Å². The Balaban J connectivity index is 0.738. The molecule has 0 radical (unpaired) electrons. The molecule has 66 heavy (non-hydrogen) atoms. The molecule has 0 spiro atoms. The summed E-state index contributed by atoms with van der Waals surface area (Å²) in [4.78, 5) is 53.2. The maximum atomic E-state index is 15.6. The van der Waals surface area contributed by atoms with Gasteiger partial charge in [-0.15, -0.1) is 0 Å². The first kappa shape index (κ1) is 39.9. The number of carbonyl (C=O) groups is 3. The van der Waals surface area contributed by atoms with Crippen LogP contribution in [0.1, 0.15) is 37.4 Å². The summed E-state index contributed by atoms with van der Waals surface area (Å²) in [5.74, 6) is -2.00. The molecule has 0 atom stereocenters. The molecule has 0 unspecified atom stereocenters. The summed E-state index contributed by atoms with van der Waals surface area (Å²) in [5.41, 5.74) is 16.7. The van der Waals surface area contributed by atoms with Crippen LogP contribution in [-0.2, 0) is 17.6 Å². The Bertz CT molecular complexity index is 3710. The Hall–Kier alpha value is -7.64. The summed E-state index contributed by atoms with van der Waals surface area (Å²) in [6.45, 7) is 0. The van der Waals surface area contributed by atoms with Gasteiger partial charge in [0.15, 0.2) is 5.71 Å². The number of ketones is 2. The zero-order valence-corrected chi connectivity index (χ0v) is 36.7. The maximum absolute atomic E-state index is 15.6. The number of nitrogens with one attached hydrogen (secondary N) is 4. The standard InChI is InChI=1S/C47H25ClF2N10O3S3/c48-40-24(21-5-11-32-39(16-21)66-46(53-32)60-57-41-26-8-7-23(49)17-33(26)51-44(41)63)9-10-25-28(40)19-36(42(25)61)56-59-47-54-34-15-20(6-12-38(34)65-47)22-13-29-27(30(50)14-22)18-35(43(29)62)55-58-45-52-31-3-1-2-4-37(31)64-45/h1-17H,18-19H2,(H,52,58)(H,53,60)(H,54,59)(H,51,57,63)/b55-35-,56-36-. The van der Waals surface area contributed by atoms with Crippen molar-refractivity contribution in [1.82, 2.24) is 15.0 Å². The molecule has 0 saturated heterocycles. The van der Waals surface area contributed by atoms with E-state index in [1.807, 2.05) is 66.7 Å². The molecule has 19 heteroatoms. The van der Waals surface area contributed by atoms with Crippen LogP contribution in [0.4, 0.5) is 29.9 Å². The number of thiazole rings is 3. The molecule has 1 aliphatic heterocycles. The first-order valence-corrected chi connectivity index (χ1v) is 22.9. The van der Waals surface area contributed by atoms with Gasteiger partial charge in [0.05, 0.1) is 41.4 Å². The Morgan fingerprint density at radius 3 is 1.98 bits per heavy atom. The van der Waals surface area contributed by atoms with E-state index in [1.165, 1.54) is 58.3 Å².